The lowest BCUT2D eigenvalue weighted by atomic mass is 9.86. The maximum atomic E-state index is 6.71. The molecule has 2 N–H and O–H groups in total. The first kappa shape index (κ1) is 14.9. The molecule has 0 aromatic heterocycles. The Bertz CT molecular complexity index is 490. The van der Waals surface area contributed by atoms with Crippen molar-refractivity contribution < 1.29 is 4.74 Å². The van der Waals surface area contributed by atoms with E-state index in [0.29, 0.717) is 0 Å². The third kappa shape index (κ3) is 2.82. The van der Waals surface area contributed by atoms with Gasteiger partial charge >= 0.3 is 0 Å². The predicted molar refractivity (Wildman–Crippen MR) is 86.7 cm³/mol. The van der Waals surface area contributed by atoms with Gasteiger partial charge in [-0.15, -0.1) is 0 Å². The SMILES string of the molecule is CC(C)(C(N)c1cccc2c1OCC2)N1CCCCCC1. The number of likely N-dealkylation sites (tertiary alicyclic amines) is 1. The van der Waals surface area contributed by atoms with Crippen molar-refractivity contribution in [3.63, 3.8) is 0 Å². The Morgan fingerprint density at radius 3 is 2.57 bits per heavy atom. The molecule has 1 saturated heterocycles. The number of hydrogen-bond acceptors (Lipinski definition) is 3. The van der Waals surface area contributed by atoms with Gasteiger partial charge in [0.05, 0.1) is 12.6 Å². The minimum Gasteiger partial charge on any atom is -0.493 e. The molecule has 21 heavy (non-hydrogen) atoms. The molecular formula is C18H28N2O. The molecule has 0 bridgehead atoms. The summed E-state index contributed by atoms with van der Waals surface area (Å²) in [6, 6.07) is 6.43. The summed E-state index contributed by atoms with van der Waals surface area (Å²) in [4.78, 5) is 2.58. The van der Waals surface area contributed by atoms with E-state index in [1.165, 1.54) is 36.8 Å². The summed E-state index contributed by atoms with van der Waals surface area (Å²) >= 11 is 0. The van der Waals surface area contributed by atoms with E-state index in [-0.39, 0.29) is 11.6 Å². The van der Waals surface area contributed by atoms with Gasteiger partial charge in [0, 0.05) is 17.5 Å². The summed E-state index contributed by atoms with van der Waals surface area (Å²) in [5, 5.41) is 0. The van der Waals surface area contributed by atoms with E-state index in [4.69, 9.17) is 10.5 Å². The fourth-order valence-corrected chi connectivity index (χ4v) is 3.71. The van der Waals surface area contributed by atoms with Crippen LogP contribution in [-0.2, 0) is 6.42 Å². The maximum Gasteiger partial charge on any atom is 0.127 e. The fraction of sp³-hybridized carbons (Fsp3) is 0.667. The number of ether oxygens (including phenoxy) is 1. The maximum absolute atomic E-state index is 6.71. The molecule has 0 amide bonds. The number of rotatable bonds is 3. The number of fused-ring (bicyclic) bond motifs is 1. The van der Waals surface area contributed by atoms with Gasteiger partial charge < -0.3 is 10.5 Å². The Hall–Kier alpha value is -1.06. The number of nitrogens with two attached hydrogens (primary N) is 1. The van der Waals surface area contributed by atoms with Crippen molar-refractivity contribution in [1.29, 1.82) is 0 Å². The molecule has 3 rings (SSSR count). The van der Waals surface area contributed by atoms with Crippen molar-refractivity contribution in [2.45, 2.75) is 57.5 Å². The summed E-state index contributed by atoms with van der Waals surface area (Å²) in [5.41, 5.74) is 9.16. The third-order valence-corrected chi connectivity index (χ3v) is 5.26. The minimum absolute atomic E-state index is 0.0105. The summed E-state index contributed by atoms with van der Waals surface area (Å²) in [5.74, 6) is 1.05. The average Bonchev–Trinajstić information content (AvgIpc) is 2.79. The highest BCUT2D eigenvalue weighted by atomic mass is 16.5. The Morgan fingerprint density at radius 2 is 1.86 bits per heavy atom. The summed E-state index contributed by atoms with van der Waals surface area (Å²) in [6.07, 6.45) is 6.30. The first-order valence-corrected chi connectivity index (χ1v) is 8.36. The van der Waals surface area contributed by atoms with Gasteiger partial charge in [-0.2, -0.15) is 0 Å². The monoisotopic (exact) mass is 288 g/mol. The van der Waals surface area contributed by atoms with E-state index in [0.717, 1.165) is 31.9 Å². The molecule has 1 aromatic rings. The van der Waals surface area contributed by atoms with E-state index in [1.54, 1.807) is 0 Å². The van der Waals surface area contributed by atoms with Crippen molar-refractivity contribution in [2.75, 3.05) is 19.7 Å². The Morgan fingerprint density at radius 1 is 1.14 bits per heavy atom. The third-order valence-electron chi connectivity index (χ3n) is 5.26. The van der Waals surface area contributed by atoms with E-state index in [2.05, 4.69) is 36.9 Å². The zero-order valence-corrected chi connectivity index (χ0v) is 13.4. The van der Waals surface area contributed by atoms with Crippen LogP contribution in [0.5, 0.6) is 5.75 Å². The van der Waals surface area contributed by atoms with Gasteiger partial charge in [0.2, 0.25) is 0 Å². The van der Waals surface area contributed by atoms with Crippen molar-refractivity contribution in [2.24, 2.45) is 5.73 Å². The van der Waals surface area contributed by atoms with E-state index in [1.807, 2.05) is 0 Å². The fourth-order valence-electron chi connectivity index (χ4n) is 3.71. The zero-order valence-electron chi connectivity index (χ0n) is 13.4. The Kier molecular flexibility index (Phi) is 4.23. The van der Waals surface area contributed by atoms with Crippen LogP contribution in [0.3, 0.4) is 0 Å². The van der Waals surface area contributed by atoms with Gasteiger partial charge in [-0.25, -0.2) is 0 Å². The number of nitrogens with zero attached hydrogens (tertiary/aromatic N) is 1. The van der Waals surface area contributed by atoms with Crippen LogP contribution in [0.25, 0.3) is 0 Å². The first-order valence-electron chi connectivity index (χ1n) is 8.36. The Balaban J connectivity index is 1.86. The van der Waals surface area contributed by atoms with Gasteiger partial charge in [0.25, 0.3) is 0 Å². The molecule has 116 valence electrons. The van der Waals surface area contributed by atoms with Crippen LogP contribution in [0, 0.1) is 0 Å². The van der Waals surface area contributed by atoms with Crippen LogP contribution in [0.1, 0.15) is 56.7 Å². The van der Waals surface area contributed by atoms with Crippen molar-refractivity contribution in [3.8, 4) is 5.75 Å². The number of hydrogen-bond donors (Lipinski definition) is 1. The van der Waals surface area contributed by atoms with Crippen LogP contribution in [0.2, 0.25) is 0 Å². The minimum atomic E-state index is -0.0363. The molecule has 0 aliphatic carbocycles. The number of para-hydroxylation sites is 1. The molecule has 2 aliphatic heterocycles. The molecule has 0 radical (unpaired) electrons. The Labute approximate surface area is 128 Å². The van der Waals surface area contributed by atoms with Crippen molar-refractivity contribution in [1.82, 2.24) is 4.90 Å². The molecule has 1 fully saturated rings. The van der Waals surface area contributed by atoms with E-state index < -0.39 is 0 Å². The van der Waals surface area contributed by atoms with Gasteiger partial charge in [0.1, 0.15) is 5.75 Å². The van der Waals surface area contributed by atoms with Crippen LogP contribution < -0.4 is 10.5 Å². The van der Waals surface area contributed by atoms with Gasteiger partial charge in [0.15, 0.2) is 0 Å². The van der Waals surface area contributed by atoms with Gasteiger partial charge in [-0.05, 0) is 45.3 Å². The molecule has 1 atom stereocenters. The van der Waals surface area contributed by atoms with Crippen molar-refractivity contribution >= 4 is 0 Å². The van der Waals surface area contributed by atoms with Gasteiger partial charge in [-0.3, -0.25) is 4.90 Å². The summed E-state index contributed by atoms with van der Waals surface area (Å²) in [6.45, 7) is 7.70. The number of benzene rings is 1. The van der Waals surface area contributed by atoms with E-state index in [9.17, 15) is 0 Å². The van der Waals surface area contributed by atoms with Gasteiger partial charge in [-0.1, -0.05) is 31.0 Å². The van der Waals surface area contributed by atoms with E-state index >= 15 is 0 Å². The lowest BCUT2D eigenvalue weighted by molar-refractivity contribution is 0.0970. The smallest absolute Gasteiger partial charge is 0.127 e. The average molecular weight is 288 g/mol. The van der Waals surface area contributed by atoms with Crippen LogP contribution in [0.15, 0.2) is 18.2 Å². The molecule has 2 aliphatic rings. The van der Waals surface area contributed by atoms with Crippen molar-refractivity contribution in [3.05, 3.63) is 29.3 Å². The molecule has 1 unspecified atom stereocenters. The standard InChI is InChI=1S/C18H28N2O/c1-18(2,20-11-5-3-4-6-12-20)17(19)15-9-7-8-14-10-13-21-16(14)15/h7-9,17H,3-6,10-13,19H2,1-2H3. The highest BCUT2D eigenvalue weighted by molar-refractivity contribution is 5.46. The van der Waals surface area contributed by atoms with Crippen LogP contribution in [0.4, 0.5) is 0 Å². The van der Waals surface area contributed by atoms with Crippen LogP contribution >= 0.6 is 0 Å². The second-order valence-corrected chi connectivity index (χ2v) is 6.97. The molecule has 0 saturated carbocycles. The normalized spacial score (nSPS) is 21.5. The molecule has 0 spiro atoms. The topological polar surface area (TPSA) is 38.5 Å². The zero-order chi connectivity index (χ0) is 14.9. The highest BCUT2D eigenvalue weighted by Crippen LogP contribution is 2.39. The molecular weight excluding hydrogens is 260 g/mol. The highest BCUT2D eigenvalue weighted by Gasteiger charge is 2.36. The second-order valence-electron chi connectivity index (χ2n) is 6.97. The lowest BCUT2D eigenvalue weighted by Crippen LogP contribution is -2.51. The second kappa shape index (κ2) is 5.98. The summed E-state index contributed by atoms with van der Waals surface area (Å²) < 4.78 is 5.86. The summed E-state index contributed by atoms with van der Waals surface area (Å²) in [7, 11) is 0. The predicted octanol–water partition coefficient (Wildman–Crippen LogP) is 3.28. The molecule has 3 nitrogen and oxygen atoms in total. The molecule has 3 heteroatoms. The quantitative estimate of drug-likeness (QED) is 0.927. The largest absolute Gasteiger partial charge is 0.493 e. The lowest BCUT2D eigenvalue weighted by Gasteiger charge is -2.42. The van der Waals surface area contributed by atoms with Crippen LogP contribution in [-0.4, -0.2) is 30.1 Å². The molecule has 1 aromatic carbocycles. The molecule has 2 heterocycles. The first-order chi connectivity index (χ1) is 10.1.